The fraction of sp³-hybridized carbons (Fsp3) is 0.375. The van der Waals surface area contributed by atoms with Crippen LogP contribution < -0.4 is 5.32 Å². The molecule has 3 heterocycles. The quantitative estimate of drug-likeness (QED) is 0.910. The van der Waals surface area contributed by atoms with Crippen molar-refractivity contribution in [3.8, 4) is 0 Å². The molecule has 1 fully saturated rings. The topological polar surface area (TPSA) is 78.4 Å². The SMILES string of the molecule is CCNc1ncc(C(=O)N2CCN(C(=O)c3cccs3)CC2)cn1. The molecule has 0 aliphatic carbocycles. The molecule has 2 aromatic rings. The molecule has 3 rings (SSSR count). The lowest BCUT2D eigenvalue weighted by Crippen LogP contribution is -2.50. The van der Waals surface area contributed by atoms with Crippen LogP contribution in [0.1, 0.15) is 27.0 Å². The van der Waals surface area contributed by atoms with Crippen molar-refractivity contribution in [2.75, 3.05) is 38.0 Å². The Bertz CT molecular complexity index is 694. The Morgan fingerprint density at radius 1 is 1.12 bits per heavy atom. The second kappa shape index (κ2) is 7.39. The van der Waals surface area contributed by atoms with Crippen LogP contribution >= 0.6 is 11.3 Å². The molecule has 0 saturated carbocycles. The summed E-state index contributed by atoms with van der Waals surface area (Å²) in [4.78, 5) is 37.3. The molecule has 0 bridgehead atoms. The fourth-order valence-electron chi connectivity index (χ4n) is 2.54. The second-order valence-electron chi connectivity index (χ2n) is 5.39. The van der Waals surface area contributed by atoms with Gasteiger partial charge in [-0.05, 0) is 18.4 Å². The minimum atomic E-state index is -0.0960. The number of nitrogens with zero attached hydrogens (tertiary/aromatic N) is 4. The predicted molar refractivity (Wildman–Crippen MR) is 92.3 cm³/mol. The highest BCUT2D eigenvalue weighted by Gasteiger charge is 2.26. The lowest BCUT2D eigenvalue weighted by atomic mass is 10.2. The Balaban J connectivity index is 1.57. The number of anilines is 1. The first kappa shape index (κ1) is 16.4. The number of amides is 2. The van der Waals surface area contributed by atoms with E-state index in [9.17, 15) is 9.59 Å². The number of hydrogen-bond acceptors (Lipinski definition) is 6. The third-order valence-electron chi connectivity index (χ3n) is 3.82. The van der Waals surface area contributed by atoms with Gasteiger partial charge < -0.3 is 15.1 Å². The molecule has 1 saturated heterocycles. The third-order valence-corrected chi connectivity index (χ3v) is 4.68. The summed E-state index contributed by atoms with van der Waals surface area (Å²) in [5.41, 5.74) is 0.467. The summed E-state index contributed by atoms with van der Waals surface area (Å²) < 4.78 is 0. The van der Waals surface area contributed by atoms with Crippen molar-refractivity contribution in [2.24, 2.45) is 0 Å². The maximum absolute atomic E-state index is 12.5. The first-order chi connectivity index (χ1) is 11.7. The standard InChI is InChI=1S/C16H19N5O2S/c1-2-17-16-18-10-12(11-19-16)14(22)20-5-7-21(8-6-20)15(23)13-4-3-9-24-13/h3-4,9-11H,2,5-8H2,1H3,(H,17,18,19). The lowest BCUT2D eigenvalue weighted by molar-refractivity contribution is 0.0537. The Hall–Kier alpha value is -2.48. The van der Waals surface area contributed by atoms with Crippen LogP contribution in [0.5, 0.6) is 0 Å². The molecule has 1 aliphatic heterocycles. The normalized spacial score (nSPS) is 14.5. The number of aromatic nitrogens is 2. The summed E-state index contributed by atoms with van der Waals surface area (Å²) in [5, 5.41) is 4.89. The number of thiophene rings is 1. The molecular weight excluding hydrogens is 326 g/mol. The smallest absolute Gasteiger partial charge is 0.264 e. The van der Waals surface area contributed by atoms with Gasteiger partial charge >= 0.3 is 0 Å². The number of nitrogens with one attached hydrogen (secondary N) is 1. The number of piperazine rings is 1. The van der Waals surface area contributed by atoms with Gasteiger partial charge in [0, 0.05) is 45.1 Å². The summed E-state index contributed by atoms with van der Waals surface area (Å²) in [5.74, 6) is 0.456. The van der Waals surface area contributed by atoms with Crippen LogP contribution in [0.2, 0.25) is 0 Å². The fourth-order valence-corrected chi connectivity index (χ4v) is 3.23. The van der Waals surface area contributed by atoms with Crippen molar-refractivity contribution in [3.05, 3.63) is 40.3 Å². The molecule has 0 unspecified atom stereocenters. The van der Waals surface area contributed by atoms with Gasteiger partial charge in [0.25, 0.3) is 11.8 Å². The summed E-state index contributed by atoms with van der Waals surface area (Å²) in [7, 11) is 0. The average Bonchev–Trinajstić information content (AvgIpc) is 3.16. The van der Waals surface area contributed by atoms with E-state index in [0.29, 0.717) is 37.7 Å². The Kier molecular flexibility index (Phi) is 5.05. The van der Waals surface area contributed by atoms with Crippen LogP contribution in [-0.2, 0) is 0 Å². The zero-order valence-electron chi connectivity index (χ0n) is 13.4. The molecule has 0 radical (unpaired) electrons. The van der Waals surface area contributed by atoms with Crippen LogP contribution in [0.3, 0.4) is 0 Å². The zero-order chi connectivity index (χ0) is 16.9. The van der Waals surface area contributed by atoms with Gasteiger partial charge in [-0.1, -0.05) is 6.07 Å². The predicted octanol–water partition coefficient (Wildman–Crippen LogP) is 1.57. The Morgan fingerprint density at radius 3 is 2.29 bits per heavy atom. The van der Waals surface area contributed by atoms with Gasteiger partial charge in [0.1, 0.15) is 0 Å². The molecule has 2 aromatic heterocycles. The first-order valence-electron chi connectivity index (χ1n) is 7.87. The maximum atomic E-state index is 12.5. The molecular formula is C16H19N5O2S. The largest absolute Gasteiger partial charge is 0.355 e. The van der Waals surface area contributed by atoms with Gasteiger partial charge in [-0.15, -0.1) is 11.3 Å². The van der Waals surface area contributed by atoms with E-state index in [-0.39, 0.29) is 11.8 Å². The van der Waals surface area contributed by atoms with E-state index >= 15 is 0 Å². The maximum Gasteiger partial charge on any atom is 0.264 e. The van der Waals surface area contributed by atoms with Crippen molar-refractivity contribution >= 4 is 29.1 Å². The van der Waals surface area contributed by atoms with Crippen molar-refractivity contribution in [1.82, 2.24) is 19.8 Å². The van der Waals surface area contributed by atoms with Gasteiger partial charge in [0.05, 0.1) is 10.4 Å². The molecule has 1 aliphatic rings. The van der Waals surface area contributed by atoms with Crippen LogP contribution in [0.15, 0.2) is 29.9 Å². The van der Waals surface area contributed by atoms with Crippen LogP contribution in [-0.4, -0.2) is 64.3 Å². The van der Waals surface area contributed by atoms with Crippen LogP contribution in [0.4, 0.5) is 5.95 Å². The first-order valence-corrected chi connectivity index (χ1v) is 8.75. The van der Waals surface area contributed by atoms with E-state index in [1.807, 2.05) is 24.4 Å². The Labute approximate surface area is 144 Å². The number of carbonyl (C=O) groups is 2. The van der Waals surface area contributed by atoms with Gasteiger partial charge in [-0.2, -0.15) is 0 Å². The number of hydrogen-bond donors (Lipinski definition) is 1. The molecule has 0 aromatic carbocycles. The van der Waals surface area contributed by atoms with Gasteiger partial charge in [0.15, 0.2) is 0 Å². The molecule has 0 spiro atoms. The van der Waals surface area contributed by atoms with E-state index in [0.717, 1.165) is 11.4 Å². The lowest BCUT2D eigenvalue weighted by Gasteiger charge is -2.34. The monoisotopic (exact) mass is 345 g/mol. The molecule has 7 nitrogen and oxygen atoms in total. The summed E-state index contributed by atoms with van der Waals surface area (Å²) >= 11 is 1.44. The van der Waals surface area contributed by atoms with E-state index in [4.69, 9.17) is 0 Å². The highest BCUT2D eigenvalue weighted by atomic mass is 32.1. The van der Waals surface area contributed by atoms with Gasteiger partial charge in [-0.25, -0.2) is 9.97 Å². The minimum absolute atomic E-state index is 0.0374. The minimum Gasteiger partial charge on any atom is -0.355 e. The number of rotatable bonds is 4. The van der Waals surface area contributed by atoms with E-state index in [2.05, 4.69) is 15.3 Å². The van der Waals surface area contributed by atoms with Crippen molar-refractivity contribution in [3.63, 3.8) is 0 Å². The molecule has 0 atom stereocenters. The van der Waals surface area contributed by atoms with E-state index < -0.39 is 0 Å². The molecule has 2 amide bonds. The molecule has 24 heavy (non-hydrogen) atoms. The third kappa shape index (κ3) is 3.53. The van der Waals surface area contributed by atoms with Crippen LogP contribution in [0, 0.1) is 0 Å². The van der Waals surface area contributed by atoms with Crippen molar-refractivity contribution in [1.29, 1.82) is 0 Å². The summed E-state index contributed by atoms with van der Waals surface area (Å²) in [6.45, 7) is 4.81. The second-order valence-corrected chi connectivity index (χ2v) is 6.34. The van der Waals surface area contributed by atoms with Crippen LogP contribution in [0.25, 0.3) is 0 Å². The molecule has 1 N–H and O–H groups in total. The molecule has 126 valence electrons. The average molecular weight is 345 g/mol. The van der Waals surface area contributed by atoms with Gasteiger partial charge in [-0.3, -0.25) is 9.59 Å². The summed E-state index contributed by atoms with van der Waals surface area (Å²) in [6.07, 6.45) is 3.08. The number of carbonyl (C=O) groups excluding carboxylic acids is 2. The Morgan fingerprint density at radius 2 is 1.75 bits per heavy atom. The van der Waals surface area contributed by atoms with E-state index in [1.54, 1.807) is 9.80 Å². The van der Waals surface area contributed by atoms with E-state index in [1.165, 1.54) is 23.7 Å². The summed E-state index contributed by atoms with van der Waals surface area (Å²) in [6, 6.07) is 3.70. The van der Waals surface area contributed by atoms with Crippen molar-refractivity contribution in [2.45, 2.75) is 6.92 Å². The zero-order valence-corrected chi connectivity index (χ0v) is 14.3. The highest BCUT2D eigenvalue weighted by molar-refractivity contribution is 7.12. The molecule has 8 heteroatoms. The van der Waals surface area contributed by atoms with Gasteiger partial charge in [0.2, 0.25) is 5.95 Å². The van der Waals surface area contributed by atoms with Crippen molar-refractivity contribution < 1.29 is 9.59 Å². The highest BCUT2D eigenvalue weighted by Crippen LogP contribution is 2.15.